The molecule has 27 heavy (non-hydrogen) atoms. The lowest BCUT2D eigenvalue weighted by Crippen LogP contribution is -2.31. The molecule has 2 aromatic carbocycles. The van der Waals surface area contributed by atoms with Gasteiger partial charge in [-0.05, 0) is 24.3 Å². The lowest BCUT2D eigenvalue weighted by molar-refractivity contribution is 0.0996. The number of nitrogens with two attached hydrogens (primary N) is 1. The second kappa shape index (κ2) is 7.76. The Morgan fingerprint density at radius 3 is 2.74 bits per heavy atom. The Morgan fingerprint density at radius 2 is 2.04 bits per heavy atom. The summed E-state index contributed by atoms with van der Waals surface area (Å²) >= 11 is 5.94. The molecule has 0 atom stereocenters. The number of nitriles is 1. The van der Waals surface area contributed by atoms with Crippen LogP contribution in [0.25, 0.3) is 10.9 Å². The number of nitrogens with zero attached hydrogens (tertiary/aromatic N) is 3. The van der Waals surface area contributed by atoms with Gasteiger partial charge in [0.1, 0.15) is 6.07 Å². The Kier molecular flexibility index (Phi) is 5.24. The van der Waals surface area contributed by atoms with Crippen molar-refractivity contribution in [3.05, 3.63) is 58.7 Å². The first kappa shape index (κ1) is 18.2. The molecule has 1 heterocycles. The average molecular weight is 383 g/mol. The highest BCUT2D eigenvalue weighted by atomic mass is 35.5. The Balaban J connectivity index is 1.62. The summed E-state index contributed by atoms with van der Waals surface area (Å²) in [5, 5.41) is 19.3. The van der Waals surface area contributed by atoms with Crippen molar-refractivity contribution in [2.75, 3.05) is 11.9 Å². The number of benzene rings is 2. The quantitative estimate of drug-likeness (QED) is 0.626. The van der Waals surface area contributed by atoms with Crippen LogP contribution >= 0.6 is 11.6 Å². The lowest BCUT2D eigenvalue weighted by atomic mass is 10.2. The molecule has 0 unspecified atom stereocenters. The molecule has 0 saturated heterocycles. The Labute approximate surface area is 159 Å². The smallest absolute Gasteiger partial charge is 0.319 e. The van der Waals surface area contributed by atoms with Crippen molar-refractivity contribution in [3.63, 3.8) is 0 Å². The molecule has 0 aliphatic rings. The highest BCUT2D eigenvalue weighted by Crippen LogP contribution is 2.20. The predicted molar refractivity (Wildman–Crippen MR) is 101 cm³/mol. The molecule has 0 radical (unpaired) electrons. The summed E-state index contributed by atoms with van der Waals surface area (Å²) in [6, 6.07) is 13.4. The first-order valence-corrected chi connectivity index (χ1v) is 8.37. The number of rotatable bonds is 5. The van der Waals surface area contributed by atoms with Crippen molar-refractivity contribution in [2.45, 2.75) is 6.54 Å². The Morgan fingerprint density at radius 1 is 1.26 bits per heavy atom. The van der Waals surface area contributed by atoms with E-state index in [0.29, 0.717) is 23.2 Å². The monoisotopic (exact) mass is 382 g/mol. The van der Waals surface area contributed by atoms with E-state index in [-0.39, 0.29) is 17.3 Å². The fourth-order valence-electron chi connectivity index (χ4n) is 2.61. The van der Waals surface area contributed by atoms with Crippen LogP contribution in [0.2, 0.25) is 5.02 Å². The lowest BCUT2D eigenvalue weighted by Gasteiger charge is -2.09. The molecule has 3 aromatic rings. The number of aromatic nitrogens is 2. The third-order valence-electron chi connectivity index (χ3n) is 3.85. The van der Waals surface area contributed by atoms with Gasteiger partial charge in [0.2, 0.25) is 0 Å². The number of hydrogen-bond acceptors (Lipinski definition) is 4. The molecular weight excluding hydrogens is 368 g/mol. The third kappa shape index (κ3) is 3.99. The van der Waals surface area contributed by atoms with Gasteiger partial charge in [0.15, 0.2) is 5.69 Å². The minimum atomic E-state index is -0.603. The van der Waals surface area contributed by atoms with E-state index < -0.39 is 11.9 Å². The van der Waals surface area contributed by atoms with E-state index in [9.17, 15) is 9.59 Å². The van der Waals surface area contributed by atoms with E-state index in [1.807, 2.05) is 18.2 Å². The van der Waals surface area contributed by atoms with Crippen molar-refractivity contribution in [3.8, 4) is 6.07 Å². The van der Waals surface area contributed by atoms with Crippen LogP contribution in [0.5, 0.6) is 0 Å². The van der Waals surface area contributed by atoms with E-state index in [1.54, 1.807) is 22.9 Å². The highest BCUT2D eigenvalue weighted by Gasteiger charge is 2.14. The predicted octanol–water partition coefficient (Wildman–Crippen LogP) is 2.48. The number of primary amides is 1. The van der Waals surface area contributed by atoms with Crippen molar-refractivity contribution in [1.82, 2.24) is 15.1 Å². The number of amides is 3. The second-order valence-electron chi connectivity index (χ2n) is 5.64. The van der Waals surface area contributed by atoms with Gasteiger partial charge in [-0.3, -0.25) is 9.48 Å². The van der Waals surface area contributed by atoms with Gasteiger partial charge in [0.05, 0.1) is 22.6 Å². The minimum absolute atomic E-state index is 0.197. The van der Waals surface area contributed by atoms with Crippen molar-refractivity contribution >= 4 is 40.1 Å². The molecule has 0 saturated carbocycles. The second-order valence-corrected chi connectivity index (χ2v) is 6.05. The normalized spacial score (nSPS) is 10.4. The van der Waals surface area contributed by atoms with Crippen LogP contribution in [0.3, 0.4) is 0 Å². The molecule has 136 valence electrons. The standard InChI is InChI=1S/C18H15ClN6O2/c19-14-9-12(6-5-11(14)10-20)23-18(27)22-7-8-25-15-4-2-1-3-13(15)16(24-25)17(21)26/h1-6,9H,7-8H2,(H2,21,26)(H2,22,23,27). The van der Waals surface area contributed by atoms with E-state index >= 15 is 0 Å². The molecule has 4 N–H and O–H groups in total. The number of carbonyl (C=O) groups excluding carboxylic acids is 2. The molecule has 0 bridgehead atoms. The van der Waals surface area contributed by atoms with Crippen molar-refractivity contribution < 1.29 is 9.59 Å². The molecule has 9 heteroatoms. The van der Waals surface area contributed by atoms with Gasteiger partial charge in [-0.2, -0.15) is 10.4 Å². The summed E-state index contributed by atoms with van der Waals surface area (Å²) in [7, 11) is 0. The number of halogens is 1. The zero-order chi connectivity index (χ0) is 19.4. The van der Waals surface area contributed by atoms with Gasteiger partial charge in [-0.15, -0.1) is 0 Å². The average Bonchev–Trinajstić information content (AvgIpc) is 3.01. The van der Waals surface area contributed by atoms with Gasteiger partial charge in [-0.25, -0.2) is 4.79 Å². The van der Waals surface area contributed by atoms with Crippen LogP contribution in [0.1, 0.15) is 16.1 Å². The number of para-hydroxylation sites is 1. The maximum Gasteiger partial charge on any atom is 0.319 e. The molecule has 0 aliphatic carbocycles. The number of hydrogen-bond donors (Lipinski definition) is 3. The summed E-state index contributed by atoms with van der Waals surface area (Å²) in [6.07, 6.45) is 0. The number of urea groups is 1. The summed E-state index contributed by atoms with van der Waals surface area (Å²) in [4.78, 5) is 23.5. The summed E-state index contributed by atoms with van der Waals surface area (Å²) in [6.45, 7) is 0.634. The number of anilines is 1. The molecule has 3 amide bonds. The van der Waals surface area contributed by atoms with E-state index in [1.165, 1.54) is 12.1 Å². The van der Waals surface area contributed by atoms with Crippen LogP contribution in [0, 0.1) is 11.3 Å². The molecule has 1 aromatic heterocycles. The fourth-order valence-corrected chi connectivity index (χ4v) is 2.84. The summed E-state index contributed by atoms with van der Waals surface area (Å²) in [5.41, 5.74) is 7.12. The molecule has 0 fully saturated rings. The molecule has 0 aliphatic heterocycles. The van der Waals surface area contributed by atoms with Crippen LogP contribution < -0.4 is 16.4 Å². The number of nitrogens with one attached hydrogen (secondary N) is 2. The van der Waals surface area contributed by atoms with Gasteiger partial charge >= 0.3 is 6.03 Å². The van der Waals surface area contributed by atoms with Gasteiger partial charge < -0.3 is 16.4 Å². The van der Waals surface area contributed by atoms with Crippen LogP contribution in [0.4, 0.5) is 10.5 Å². The largest absolute Gasteiger partial charge is 0.364 e. The van der Waals surface area contributed by atoms with E-state index in [4.69, 9.17) is 22.6 Å². The van der Waals surface area contributed by atoms with Gasteiger partial charge in [0, 0.05) is 17.6 Å². The minimum Gasteiger partial charge on any atom is -0.364 e. The topological polar surface area (TPSA) is 126 Å². The first-order chi connectivity index (χ1) is 13.0. The van der Waals surface area contributed by atoms with E-state index in [2.05, 4.69) is 15.7 Å². The maximum absolute atomic E-state index is 12.0. The maximum atomic E-state index is 12.0. The van der Waals surface area contributed by atoms with Gasteiger partial charge in [0.25, 0.3) is 5.91 Å². The zero-order valence-electron chi connectivity index (χ0n) is 14.1. The number of fused-ring (bicyclic) bond motifs is 1. The molecule has 0 spiro atoms. The Hall–Kier alpha value is -3.57. The highest BCUT2D eigenvalue weighted by molar-refractivity contribution is 6.32. The van der Waals surface area contributed by atoms with Crippen molar-refractivity contribution in [1.29, 1.82) is 5.26 Å². The molecular formula is C18H15ClN6O2. The fraction of sp³-hybridized carbons (Fsp3) is 0.111. The zero-order valence-corrected chi connectivity index (χ0v) is 14.8. The van der Waals surface area contributed by atoms with Crippen LogP contribution in [0.15, 0.2) is 42.5 Å². The Bertz CT molecular complexity index is 1070. The number of carbonyl (C=O) groups is 2. The van der Waals surface area contributed by atoms with E-state index in [0.717, 1.165) is 5.52 Å². The van der Waals surface area contributed by atoms with Crippen LogP contribution in [-0.2, 0) is 6.54 Å². The van der Waals surface area contributed by atoms with Gasteiger partial charge in [-0.1, -0.05) is 29.8 Å². The molecule has 8 nitrogen and oxygen atoms in total. The summed E-state index contributed by atoms with van der Waals surface area (Å²) in [5.74, 6) is -0.603. The summed E-state index contributed by atoms with van der Waals surface area (Å²) < 4.78 is 1.62. The first-order valence-electron chi connectivity index (χ1n) is 7.99. The van der Waals surface area contributed by atoms with Crippen LogP contribution in [-0.4, -0.2) is 28.3 Å². The SMILES string of the molecule is N#Cc1ccc(NC(=O)NCCn2nc(C(N)=O)c3ccccc32)cc1Cl. The molecule has 3 rings (SSSR count). The van der Waals surface area contributed by atoms with Crippen molar-refractivity contribution in [2.24, 2.45) is 5.73 Å². The third-order valence-corrected chi connectivity index (χ3v) is 4.16.